The van der Waals surface area contributed by atoms with Crippen LogP contribution in [0.5, 0.6) is 0 Å². The van der Waals surface area contributed by atoms with Crippen molar-refractivity contribution in [3.63, 3.8) is 0 Å². The van der Waals surface area contributed by atoms with Crippen molar-refractivity contribution in [1.29, 1.82) is 0 Å². The molecule has 1 aromatic carbocycles. The summed E-state index contributed by atoms with van der Waals surface area (Å²) >= 11 is 0. The van der Waals surface area contributed by atoms with E-state index in [4.69, 9.17) is 9.84 Å². The molecule has 0 amide bonds. The average molecular weight is 168 g/mol. The summed E-state index contributed by atoms with van der Waals surface area (Å²) in [6.07, 6.45) is 0. The number of ether oxygens (including phenoxy) is 1. The molecule has 0 saturated carbocycles. The van der Waals surface area contributed by atoms with Crippen LogP contribution >= 0.6 is 0 Å². The van der Waals surface area contributed by atoms with Gasteiger partial charge in [-0.2, -0.15) is 0 Å². The van der Waals surface area contributed by atoms with E-state index in [0.29, 0.717) is 6.61 Å². The normalized spacial score (nSPS) is 8.67. The lowest BCUT2D eigenvalue weighted by atomic mass is 10.2. The van der Waals surface area contributed by atoms with Crippen LogP contribution < -0.4 is 0 Å². The van der Waals surface area contributed by atoms with Gasteiger partial charge in [-0.15, -0.1) is 0 Å². The molecule has 0 bridgehead atoms. The van der Waals surface area contributed by atoms with Crippen LogP contribution in [0.4, 0.5) is 0 Å². The third-order valence-corrected chi connectivity index (χ3v) is 1.43. The Kier molecular flexibility index (Phi) is 6.34. The Balaban J connectivity index is 0.000000561. The van der Waals surface area contributed by atoms with Gasteiger partial charge in [-0.05, 0) is 12.5 Å². The molecular weight excluding hydrogens is 152 g/mol. The van der Waals surface area contributed by atoms with Crippen LogP contribution in [0.25, 0.3) is 0 Å². The summed E-state index contributed by atoms with van der Waals surface area (Å²) in [5, 5.41) is 7.00. The van der Waals surface area contributed by atoms with Gasteiger partial charge in [-0.25, -0.2) is 0 Å². The smallest absolute Gasteiger partial charge is 0.0713 e. The molecule has 0 aliphatic rings. The molecule has 0 fully saturated rings. The Bertz CT molecular complexity index is 191. The number of hydrogen-bond donors (Lipinski definition) is 1. The Morgan fingerprint density at radius 2 is 1.67 bits per heavy atom. The van der Waals surface area contributed by atoms with Crippen molar-refractivity contribution in [2.24, 2.45) is 0 Å². The highest BCUT2D eigenvalue weighted by Gasteiger charge is 1.88. The highest BCUT2D eigenvalue weighted by Crippen LogP contribution is 2.03. The fraction of sp³-hybridized carbons (Fsp3) is 0.400. The molecule has 0 atom stereocenters. The van der Waals surface area contributed by atoms with Gasteiger partial charge in [0.1, 0.15) is 0 Å². The predicted molar refractivity (Wildman–Crippen MR) is 50.0 cm³/mol. The first-order chi connectivity index (χ1) is 5.83. The standard InChI is InChI=1S/C9H12O.CH4O/c1-8-3-5-9(6-4-8)7-10-2;1-2/h3-6H,7H2,1-2H3;2H,1H3. The van der Waals surface area contributed by atoms with Crippen LogP contribution in [-0.4, -0.2) is 19.3 Å². The number of rotatable bonds is 2. The molecule has 2 heteroatoms. The van der Waals surface area contributed by atoms with Gasteiger partial charge in [-0.3, -0.25) is 0 Å². The number of methoxy groups -OCH3 is 1. The van der Waals surface area contributed by atoms with Gasteiger partial charge in [-0.1, -0.05) is 29.8 Å². The molecule has 0 heterocycles. The quantitative estimate of drug-likeness (QED) is 0.729. The van der Waals surface area contributed by atoms with Gasteiger partial charge < -0.3 is 9.84 Å². The van der Waals surface area contributed by atoms with Crippen molar-refractivity contribution in [3.8, 4) is 0 Å². The molecule has 1 rings (SSSR count). The lowest BCUT2D eigenvalue weighted by Gasteiger charge is -1.98. The molecule has 0 aliphatic carbocycles. The first-order valence-corrected chi connectivity index (χ1v) is 3.82. The number of aliphatic hydroxyl groups excluding tert-OH is 1. The molecule has 12 heavy (non-hydrogen) atoms. The lowest BCUT2D eigenvalue weighted by Crippen LogP contribution is -1.85. The molecular formula is C10H16O2. The zero-order valence-electron chi connectivity index (χ0n) is 7.87. The van der Waals surface area contributed by atoms with E-state index >= 15 is 0 Å². The molecule has 1 N–H and O–H groups in total. The molecule has 0 aromatic heterocycles. The van der Waals surface area contributed by atoms with E-state index in [1.165, 1.54) is 11.1 Å². The van der Waals surface area contributed by atoms with Crippen LogP contribution in [0.3, 0.4) is 0 Å². The minimum Gasteiger partial charge on any atom is -0.400 e. The van der Waals surface area contributed by atoms with E-state index in [2.05, 4.69) is 31.2 Å². The number of benzene rings is 1. The fourth-order valence-electron chi connectivity index (χ4n) is 0.851. The van der Waals surface area contributed by atoms with E-state index in [1.807, 2.05) is 0 Å². The van der Waals surface area contributed by atoms with E-state index < -0.39 is 0 Å². The van der Waals surface area contributed by atoms with Crippen molar-refractivity contribution < 1.29 is 9.84 Å². The molecule has 68 valence electrons. The van der Waals surface area contributed by atoms with E-state index in [0.717, 1.165) is 7.11 Å². The SMILES string of the molecule is CO.COCc1ccc(C)cc1. The van der Waals surface area contributed by atoms with E-state index in [9.17, 15) is 0 Å². The minimum atomic E-state index is 0.709. The number of aryl methyl sites for hydroxylation is 1. The van der Waals surface area contributed by atoms with Crippen LogP contribution in [-0.2, 0) is 11.3 Å². The fourth-order valence-corrected chi connectivity index (χ4v) is 0.851. The van der Waals surface area contributed by atoms with Gasteiger partial charge in [0, 0.05) is 14.2 Å². The zero-order valence-corrected chi connectivity index (χ0v) is 7.87. The summed E-state index contributed by atoms with van der Waals surface area (Å²) in [6.45, 7) is 2.79. The second-order valence-electron chi connectivity index (χ2n) is 2.42. The largest absolute Gasteiger partial charge is 0.400 e. The second kappa shape index (κ2) is 6.83. The maximum absolute atomic E-state index is 7.00. The van der Waals surface area contributed by atoms with Crippen molar-refractivity contribution in [2.45, 2.75) is 13.5 Å². The number of aliphatic hydroxyl groups is 1. The highest BCUT2D eigenvalue weighted by molar-refractivity contribution is 5.20. The Labute approximate surface area is 73.8 Å². The Morgan fingerprint density at radius 3 is 2.08 bits per heavy atom. The summed E-state index contributed by atoms with van der Waals surface area (Å²) in [5.41, 5.74) is 2.52. The van der Waals surface area contributed by atoms with Crippen molar-refractivity contribution >= 4 is 0 Å². The summed E-state index contributed by atoms with van der Waals surface area (Å²) in [4.78, 5) is 0. The van der Waals surface area contributed by atoms with Crippen LogP contribution in [0, 0.1) is 6.92 Å². The summed E-state index contributed by atoms with van der Waals surface area (Å²) in [6, 6.07) is 8.35. The first kappa shape index (κ1) is 11.1. The minimum absolute atomic E-state index is 0.709. The third-order valence-electron chi connectivity index (χ3n) is 1.43. The van der Waals surface area contributed by atoms with Crippen LogP contribution in [0.1, 0.15) is 11.1 Å². The van der Waals surface area contributed by atoms with Crippen molar-refractivity contribution in [2.75, 3.05) is 14.2 Å². The van der Waals surface area contributed by atoms with Crippen LogP contribution in [0.15, 0.2) is 24.3 Å². The predicted octanol–water partition coefficient (Wildman–Crippen LogP) is 1.75. The summed E-state index contributed by atoms with van der Waals surface area (Å²) in [5.74, 6) is 0. The monoisotopic (exact) mass is 168 g/mol. The molecule has 0 radical (unpaired) electrons. The van der Waals surface area contributed by atoms with E-state index in [-0.39, 0.29) is 0 Å². The topological polar surface area (TPSA) is 29.5 Å². The van der Waals surface area contributed by atoms with Crippen molar-refractivity contribution in [1.82, 2.24) is 0 Å². The molecule has 1 aromatic rings. The maximum atomic E-state index is 7.00. The van der Waals surface area contributed by atoms with Gasteiger partial charge in [0.2, 0.25) is 0 Å². The summed E-state index contributed by atoms with van der Waals surface area (Å²) < 4.78 is 4.97. The molecule has 2 nitrogen and oxygen atoms in total. The highest BCUT2D eigenvalue weighted by atomic mass is 16.5. The van der Waals surface area contributed by atoms with E-state index in [1.54, 1.807) is 7.11 Å². The molecule has 0 unspecified atom stereocenters. The van der Waals surface area contributed by atoms with Gasteiger partial charge in [0.05, 0.1) is 6.61 Å². The Morgan fingerprint density at radius 1 is 1.17 bits per heavy atom. The molecule has 0 saturated heterocycles. The van der Waals surface area contributed by atoms with Crippen LogP contribution in [0.2, 0.25) is 0 Å². The first-order valence-electron chi connectivity index (χ1n) is 3.82. The second-order valence-corrected chi connectivity index (χ2v) is 2.42. The van der Waals surface area contributed by atoms with Crippen molar-refractivity contribution in [3.05, 3.63) is 35.4 Å². The lowest BCUT2D eigenvalue weighted by molar-refractivity contribution is 0.185. The van der Waals surface area contributed by atoms with Gasteiger partial charge >= 0.3 is 0 Å². The average Bonchev–Trinajstić information content (AvgIpc) is 2.13. The number of hydrogen-bond acceptors (Lipinski definition) is 2. The van der Waals surface area contributed by atoms with Gasteiger partial charge in [0.15, 0.2) is 0 Å². The van der Waals surface area contributed by atoms with Gasteiger partial charge in [0.25, 0.3) is 0 Å². The third kappa shape index (κ3) is 4.11. The Hall–Kier alpha value is -0.860. The molecule has 0 aliphatic heterocycles. The zero-order chi connectivity index (χ0) is 9.40. The summed E-state index contributed by atoms with van der Waals surface area (Å²) in [7, 11) is 2.71. The molecule has 0 spiro atoms. The maximum Gasteiger partial charge on any atom is 0.0713 e.